The number of carbonyl (C=O) groups excluding carboxylic acids is 1. The summed E-state index contributed by atoms with van der Waals surface area (Å²) in [6, 6.07) is 6.30. The van der Waals surface area contributed by atoms with Gasteiger partial charge in [-0.25, -0.2) is 4.39 Å². The number of amides is 1. The average molecular weight is 290 g/mol. The number of halogens is 1. The van der Waals surface area contributed by atoms with Crippen LogP contribution in [0, 0.1) is 5.82 Å². The Balaban J connectivity index is 1.93. The standard InChI is InChI=1S/C15H19FN4O/c1-9(2)13-12(17)14(20-19-13)15(21)18-7-6-10-4-3-5-11(16)8-10/h3-5,8-9H,6-7,17H2,1-2H3,(H,18,21)(H,19,20). The first-order valence-electron chi connectivity index (χ1n) is 6.85. The van der Waals surface area contributed by atoms with Crippen molar-refractivity contribution in [2.75, 3.05) is 12.3 Å². The molecule has 0 spiro atoms. The van der Waals surface area contributed by atoms with E-state index < -0.39 is 0 Å². The third kappa shape index (κ3) is 3.59. The topological polar surface area (TPSA) is 83.8 Å². The Kier molecular flexibility index (Phi) is 4.57. The van der Waals surface area contributed by atoms with Crippen LogP contribution in [-0.2, 0) is 6.42 Å². The summed E-state index contributed by atoms with van der Waals surface area (Å²) in [6.45, 7) is 4.33. The van der Waals surface area contributed by atoms with Gasteiger partial charge in [-0.1, -0.05) is 26.0 Å². The first-order chi connectivity index (χ1) is 9.99. The van der Waals surface area contributed by atoms with Gasteiger partial charge >= 0.3 is 0 Å². The molecule has 0 aliphatic carbocycles. The fourth-order valence-corrected chi connectivity index (χ4v) is 2.07. The van der Waals surface area contributed by atoms with E-state index in [1.165, 1.54) is 12.1 Å². The van der Waals surface area contributed by atoms with Gasteiger partial charge in [-0.2, -0.15) is 5.10 Å². The first kappa shape index (κ1) is 15.0. The maximum Gasteiger partial charge on any atom is 0.273 e. The van der Waals surface area contributed by atoms with E-state index in [1.54, 1.807) is 6.07 Å². The largest absolute Gasteiger partial charge is 0.395 e. The second-order valence-corrected chi connectivity index (χ2v) is 5.19. The van der Waals surface area contributed by atoms with Crippen molar-refractivity contribution in [3.8, 4) is 0 Å². The van der Waals surface area contributed by atoms with Crippen molar-refractivity contribution in [3.05, 3.63) is 47.0 Å². The number of rotatable bonds is 5. The van der Waals surface area contributed by atoms with Gasteiger partial charge < -0.3 is 11.1 Å². The summed E-state index contributed by atoms with van der Waals surface area (Å²) >= 11 is 0. The van der Waals surface area contributed by atoms with Gasteiger partial charge in [0.2, 0.25) is 0 Å². The molecule has 21 heavy (non-hydrogen) atoms. The van der Waals surface area contributed by atoms with E-state index in [9.17, 15) is 9.18 Å². The van der Waals surface area contributed by atoms with Gasteiger partial charge in [0.15, 0.2) is 5.69 Å². The molecule has 112 valence electrons. The average Bonchev–Trinajstić information content (AvgIpc) is 2.80. The predicted octanol–water partition coefficient (Wildman–Crippen LogP) is 2.23. The third-order valence-corrected chi connectivity index (χ3v) is 3.21. The van der Waals surface area contributed by atoms with Crippen molar-refractivity contribution in [3.63, 3.8) is 0 Å². The minimum Gasteiger partial charge on any atom is -0.395 e. The Morgan fingerprint density at radius 1 is 1.48 bits per heavy atom. The molecule has 0 aliphatic rings. The van der Waals surface area contributed by atoms with Crippen molar-refractivity contribution in [2.45, 2.75) is 26.2 Å². The number of carbonyl (C=O) groups is 1. The first-order valence-corrected chi connectivity index (χ1v) is 6.85. The summed E-state index contributed by atoms with van der Waals surface area (Å²) < 4.78 is 13.0. The molecule has 0 aliphatic heterocycles. The highest BCUT2D eigenvalue weighted by atomic mass is 19.1. The Bertz CT molecular complexity index is 636. The third-order valence-electron chi connectivity index (χ3n) is 3.21. The van der Waals surface area contributed by atoms with Gasteiger partial charge in [-0.05, 0) is 30.0 Å². The molecule has 1 aromatic heterocycles. The Hall–Kier alpha value is -2.37. The van der Waals surface area contributed by atoms with Gasteiger partial charge in [-0.3, -0.25) is 9.89 Å². The second-order valence-electron chi connectivity index (χ2n) is 5.19. The van der Waals surface area contributed by atoms with Crippen molar-refractivity contribution in [1.29, 1.82) is 0 Å². The predicted molar refractivity (Wildman–Crippen MR) is 79.5 cm³/mol. The van der Waals surface area contributed by atoms with Crippen LogP contribution in [0.25, 0.3) is 0 Å². The van der Waals surface area contributed by atoms with Crippen molar-refractivity contribution < 1.29 is 9.18 Å². The Morgan fingerprint density at radius 2 is 2.24 bits per heavy atom. The van der Waals surface area contributed by atoms with E-state index in [0.29, 0.717) is 18.7 Å². The zero-order valence-corrected chi connectivity index (χ0v) is 12.1. The lowest BCUT2D eigenvalue weighted by Crippen LogP contribution is -2.26. The molecule has 6 heteroatoms. The number of aromatic amines is 1. The molecule has 1 heterocycles. The Morgan fingerprint density at radius 3 is 2.86 bits per heavy atom. The van der Waals surface area contributed by atoms with Crippen LogP contribution in [0.3, 0.4) is 0 Å². The summed E-state index contributed by atoms with van der Waals surface area (Å²) in [6.07, 6.45) is 0.546. The molecule has 0 bridgehead atoms. The molecule has 0 radical (unpaired) electrons. The van der Waals surface area contributed by atoms with Gasteiger partial charge in [0, 0.05) is 6.54 Å². The second kappa shape index (κ2) is 6.39. The van der Waals surface area contributed by atoms with Crippen molar-refractivity contribution in [1.82, 2.24) is 15.5 Å². The lowest BCUT2D eigenvalue weighted by molar-refractivity contribution is 0.0950. The van der Waals surface area contributed by atoms with Crippen LogP contribution in [0.2, 0.25) is 0 Å². The molecule has 4 N–H and O–H groups in total. The summed E-state index contributed by atoms with van der Waals surface area (Å²) in [4.78, 5) is 12.0. The van der Waals surface area contributed by atoms with Crippen LogP contribution in [0.5, 0.6) is 0 Å². The number of aromatic nitrogens is 2. The van der Waals surface area contributed by atoms with Gasteiger partial charge in [0.1, 0.15) is 5.82 Å². The quantitative estimate of drug-likeness (QED) is 0.789. The smallest absolute Gasteiger partial charge is 0.273 e. The van der Waals surface area contributed by atoms with Crippen LogP contribution >= 0.6 is 0 Å². The van der Waals surface area contributed by atoms with E-state index in [0.717, 1.165) is 11.3 Å². The van der Waals surface area contributed by atoms with Gasteiger partial charge in [0.05, 0.1) is 11.4 Å². The molecule has 0 atom stereocenters. The number of hydrogen-bond acceptors (Lipinski definition) is 3. The van der Waals surface area contributed by atoms with Gasteiger partial charge in [-0.15, -0.1) is 0 Å². The molecule has 0 unspecified atom stereocenters. The lowest BCUT2D eigenvalue weighted by atomic mass is 10.1. The van der Waals surface area contributed by atoms with E-state index in [2.05, 4.69) is 15.5 Å². The number of anilines is 1. The number of hydrogen-bond donors (Lipinski definition) is 3. The maximum atomic E-state index is 13.0. The van der Waals surface area contributed by atoms with Crippen LogP contribution in [-0.4, -0.2) is 22.6 Å². The summed E-state index contributed by atoms with van der Waals surface area (Å²) in [5, 5.41) is 9.48. The van der Waals surface area contributed by atoms with Gasteiger partial charge in [0.25, 0.3) is 5.91 Å². The monoisotopic (exact) mass is 290 g/mol. The number of H-pyrrole nitrogens is 1. The van der Waals surface area contributed by atoms with E-state index in [4.69, 9.17) is 5.73 Å². The molecule has 0 saturated heterocycles. The van der Waals surface area contributed by atoms with Crippen LogP contribution in [0.4, 0.5) is 10.1 Å². The zero-order chi connectivity index (χ0) is 15.4. The number of nitrogen functional groups attached to an aromatic ring is 1. The van der Waals surface area contributed by atoms with E-state index in [-0.39, 0.29) is 23.3 Å². The van der Waals surface area contributed by atoms with Crippen molar-refractivity contribution >= 4 is 11.6 Å². The SMILES string of the molecule is CC(C)c1[nH]nc(C(=O)NCCc2cccc(F)c2)c1N. The highest BCUT2D eigenvalue weighted by Crippen LogP contribution is 2.21. The molecule has 2 rings (SSSR count). The minimum absolute atomic E-state index is 0.173. The molecular formula is C15H19FN4O. The number of benzene rings is 1. The van der Waals surface area contributed by atoms with E-state index >= 15 is 0 Å². The molecular weight excluding hydrogens is 271 g/mol. The van der Waals surface area contributed by atoms with Crippen molar-refractivity contribution in [2.24, 2.45) is 0 Å². The maximum absolute atomic E-state index is 13.0. The molecule has 2 aromatic rings. The van der Waals surface area contributed by atoms with E-state index in [1.807, 2.05) is 19.9 Å². The fraction of sp³-hybridized carbons (Fsp3) is 0.333. The molecule has 0 fully saturated rings. The number of nitrogens with one attached hydrogen (secondary N) is 2. The highest BCUT2D eigenvalue weighted by molar-refractivity contribution is 5.97. The lowest BCUT2D eigenvalue weighted by Gasteiger charge is -2.05. The molecule has 1 aromatic carbocycles. The Labute approximate surface area is 122 Å². The summed E-state index contributed by atoms with van der Waals surface area (Å²) in [5.74, 6) is -0.435. The minimum atomic E-state index is -0.327. The van der Waals surface area contributed by atoms with Crippen LogP contribution in [0.15, 0.2) is 24.3 Å². The van der Waals surface area contributed by atoms with Crippen LogP contribution < -0.4 is 11.1 Å². The number of nitrogens with zero attached hydrogens (tertiary/aromatic N) is 1. The molecule has 0 saturated carbocycles. The summed E-state index contributed by atoms with van der Waals surface area (Å²) in [5.41, 5.74) is 8.07. The number of nitrogens with two attached hydrogens (primary N) is 1. The fourth-order valence-electron chi connectivity index (χ4n) is 2.07. The van der Waals surface area contributed by atoms with Crippen LogP contribution in [0.1, 0.15) is 41.5 Å². The highest BCUT2D eigenvalue weighted by Gasteiger charge is 2.18. The molecule has 5 nitrogen and oxygen atoms in total. The normalized spacial score (nSPS) is 10.9. The summed E-state index contributed by atoms with van der Waals surface area (Å²) in [7, 11) is 0. The zero-order valence-electron chi connectivity index (χ0n) is 12.1. The molecule has 1 amide bonds.